The minimum atomic E-state index is -0.497. The second-order valence-electron chi connectivity index (χ2n) is 5.81. The Hall–Kier alpha value is -2.14. The number of carbonyl (C=O) groups is 2. The molecule has 2 aliphatic rings. The molecule has 2 heterocycles. The highest BCUT2D eigenvalue weighted by molar-refractivity contribution is 6.34. The highest BCUT2D eigenvalue weighted by Gasteiger charge is 2.37. The van der Waals surface area contributed by atoms with E-state index in [0.29, 0.717) is 5.57 Å². The summed E-state index contributed by atoms with van der Waals surface area (Å²) in [7, 11) is 3.41. The Morgan fingerprint density at radius 2 is 1.95 bits per heavy atom. The van der Waals surface area contributed by atoms with Crippen molar-refractivity contribution in [2.75, 3.05) is 32.1 Å². The number of piperidine rings is 1. The summed E-state index contributed by atoms with van der Waals surface area (Å²) in [4.78, 5) is 28.5. The molecule has 0 radical (unpaired) electrons. The fraction of sp³-hybridized carbons (Fsp3) is 0.412. The zero-order valence-electron chi connectivity index (χ0n) is 12.9. The monoisotopic (exact) mass is 300 g/mol. The third-order valence-corrected chi connectivity index (χ3v) is 4.42. The average Bonchev–Trinajstić information content (AvgIpc) is 2.81. The van der Waals surface area contributed by atoms with E-state index < -0.39 is 5.97 Å². The van der Waals surface area contributed by atoms with Crippen LogP contribution in [0.25, 0.3) is 5.57 Å². The van der Waals surface area contributed by atoms with Gasteiger partial charge in [0.15, 0.2) is 0 Å². The van der Waals surface area contributed by atoms with Gasteiger partial charge < -0.3 is 14.5 Å². The molecule has 0 aromatic heterocycles. The van der Waals surface area contributed by atoms with Crippen LogP contribution in [0.5, 0.6) is 0 Å². The third kappa shape index (κ3) is 2.52. The zero-order chi connectivity index (χ0) is 15.7. The maximum Gasteiger partial charge on any atom is 0.331 e. The number of fused-ring (bicyclic) bond motifs is 1. The van der Waals surface area contributed by atoms with Gasteiger partial charge in [0, 0.05) is 17.7 Å². The van der Waals surface area contributed by atoms with Gasteiger partial charge in [-0.25, -0.2) is 4.79 Å². The number of anilines is 1. The first-order valence-electron chi connectivity index (χ1n) is 7.53. The van der Waals surface area contributed by atoms with E-state index in [0.717, 1.165) is 37.2 Å². The number of ether oxygens (including phenoxy) is 1. The van der Waals surface area contributed by atoms with Crippen LogP contribution in [0.15, 0.2) is 30.3 Å². The minimum absolute atomic E-state index is 0.0962. The molecule has 1 amide bonds. The summed E-state index contributed by atoms with van der Waals surface area (Å²) in [6, 6.07) is 7.83. The van der Waals surface area contributed by atoms with Crippen LogP contribution in [0.3, 0.4) is 0 Å². The van der Waals surface area contributed by atoms with Crippen molar-refractivity contribution >= 4 is 23.1 Å². The lowest BCUT2D eigenvalue weighted by molar-refractivity contribution is -0.135. The molecule has 1 aromatic rings. The van der Waals surface area contributed by atoms with E-state index in [4.69, 9.17) is 0 Å². The maximum atomic E-state index is 12.8. The van der Waals surface area contributed by atoms with Crippen LogP contribution in [-0.4, -0.2) is 50.1 Å². The number of hydrogen-bond donors (Lipinski definition) is 0. The van der Waals surface area contributed by atoms with Gasteiger partial charge in [-0.05, 0) is 39.0 Å². The summed E-state index contributed by atoms with van der Waals surface area (Å²) in [6.45, 7) is 1.96. The second-order valence-corrected chi connectivity index (χ2v) is 5.81. The van der Waals surface area contributed by atoms with E-state index in [1.807, 2.05) is 29.2 Å². The molecule has 1 fully saturated rings. The molecule has 1 aromatic carbocycles. The molecule has 0 atom stereocenters. The van der Waals surface area contributed by atoms with Gasteiger partial charge in [0.05, 0.1) is 18.4 Å². The van der Waals surface area contributed by atoms with E-state index in [1.54, 1.807) is 0 Å². The van der Waals surface area contributed by atoms with Gasteiger partial charge in [0.1, 0.15) is 0 Å². The standard InChI is InChI=1S/C17H20N2O3/c1-18-9-7-12(8-10-18)19-15-6-4-3-5-13(15)14(17(19)21)11-16(20)22-2/h3-6,11-12H,7-10H2,1-2H3/b14-11-. The first-order valence-corrected chi connectivity index (χ1v) is 7.53. The fourth-order valence-electron chi connectivity index (χ4n) is 3.20. The summed E-state index contributed by atoms with van der Waals surface area (Å²) in [5, 5.41) is 0. The van der Waals surface area contributed by atoms with Crippen molar-refractivity contribution in [3.63, 3.8) is 0 Å². The summed E-state index contributed by atoms with van der Waals surface area (Å²) in [5.41, 5.74) is 2.15. The van der Waals surface area contributed by atoms with Crippen molar-refractivity contribution in [3.8, 4) is 0 Å². The topological polar surface area (TPSA) is 49.9 Å². The lowest BCUT2D eigenvalue weighted by Gasteiger charge is -2.35. The number of rotatable bonds is 2. The molecule has 0 bridgehead atoms. The molecule has 0 spiro atoms. The number of likely N-dealkylation sites (tertiary alicyclic amines) is 1. The SMILES string of the molecule is COC(=O)/C=C1\C(=O)N(C2CCN(C)CC2)c2ccccc21. The van der Waals surface area contributed by atoms with E-state index >= 15 is 0 Å². The minimum Gasteiger partial charge on any atom is -0.466 e. The first kappa shape index (κ1) is 14.8. The van der Waals surface area contributed by atoms with Crippen LogP contribution in [0.1, 0.15) is 18.4 Å². The van der Waals surface area contributed by atoms with Crippen LogP contribution in [0.2, 0.25) is 0 Å². The Morgan fingerprint density at radius 1 is 1.27 bits per heavy atom. The molecular formula is C17H20N2O3. The van der Waals surface area contributed by atoms with Gasteiger partial charge in [-0.15, -0.1) is 0 Å². The predicted molar refractivity (Wildman–Crippen MR) is 84.4 cm³/mol. The molecule has 5 nitrogen and oxygen atoms in total. The van der Waals surface area contributed by atoms with E-state index in [9.17, 15) is 9.59 Å². The van der Waals surface area contributed by atoms with Gasteiger partial charge in [0.2, 0.25) is 0 Å². The first-order chi connectivity index (χ1) is 10.6. The van der Waals surface area contributed by atoms with Crippen LogP contribution < -0.4 is 4.90 Å². The van der Waals surface area contributed by atoms with Gasteiger partial charge >= 0.3 is 5.97 Å². The van der Waals surface area contributed by atoms with Crippen molar-refractivity contribution < 1.29 is 14.3 Å². The molecule has 1 saturated heterocycles. The molecule has 5 heteroatoms. The van der Waals surface area contributed by atoms with Gasteiger partial charge in [0.25, 0.3) is 5.91 Å². The number of nitrogens with zero attached hydrogens (tertiary/aromatic N) is 2. The third-order valence-electron chi connectivity index (χ3n) is 4.42. The molecule has 2 aliphatic heterocycles. The number of methoxy groups -OCH3 is 1. The highest BCUT2D eigenvalue weighted by atomic mass is 16.5. The number of para-hydroxylation sites is 1. The summed E-state index contributed by atoms with van der Waals surface area (Å²) in [5.74, 6) is -0.593. The van der Waals surface area contributed by atoms with Crippen molar-refractivity contribution in [1.82, 2.24) is 4.90 Å². The van der Waals surface area contributed by atoms with Crippen molar-refractivity contribution in [1.29, 1.82) is 0 Å². The van der Waals surface area contributed by atoms with E-state index in [2.05, 4.69) is 16.7 Å². The normalized spacial score (nSPS) is 21.3. The van der Waals surface area contributed by atoms with Gasteiger partial charge in [-0.1, -0.05) is 18.2 Å². The Morgan fingerprint density at radius 3 is 2.64 bits per heavy atom. The smallest absolute Gasteiger partial charge is 0.331 e. The van der Waals surface area contributed by atoms with E-state index in [1.165, 1.54) is 13.2 Å². The summed E-state index contributed by atoms with van der Waals surface area (Å²) in [6.07, 6.45) is 3.19. The lowest BCUT2D eigenvalue weighted by atomic mass is 10.0. The molecule has 116 valence electrons. The van der Waals surface area contributed by atoms with Crippen LogP contribution in [0.4, 0.5) is 5.69 Å². The number of hydrogen-bond acceptors (Lipinski definition) is 4. The molecule has 0 saturated carbocycles. The van der Waals surface area contributed by atoms with Gasteiger partial charge in [-0.3, -0.25) is 4.79 Å². The quantitative estimate of drug-likeness (QED) is 0.616. The molecule has 22 heavy (non-hydrogen) atoms. The van der Waals surface area contributed by atoms with Crippen molar-refractivity contribution in [3.05, 3.63) is 35.9 Å². The molecule has 3 rings (SSSR count). The number of amides is 1. The Balaban J connectivity index is 1.97. The molecule has 0 N–H and O–H groups in total. The lowest BCUT2D eigenvalue weighted by Crippen LogP contribution is -2.45. The maximum absolute atomic E-state index is 12.8. The Labute approximate surface area is 130 Å². The van der Waals surface area contributed by atoms with Crippen molar-refractivity contribution in [2.24, 2.45) is 0 Å². The number of benzene rings is 1. The zero-order valence-corrected chi connectivity index (χ0v) is 12.9. The Kier molecular flexibility index (Phi) is 3.98. The largest absolute Gasteiger partial charge is 0.466 e. The number of carbonyl (C=O) groups excluding carboxylic acids is 2. The van der Waals surface area contributed by atoms with Crippen LogP contribution >= 0.6 is 0 Å². The number of esters is 1. The van der Waals surface area contributed by atoms with Crippen molar-refractivity contribution in [2.45, 2.75) is 18.9 Å². The summed E-state index contributed by atoms with van der Waals surface area (Å²) < 4.78 is 4.68. The van der Waals surface area contributed by atoms with Crippen LogP contribution in [0, 0.1) is 0 Å². The summed E-state index contributed by atoms with van der Waals surface area (Å²) >= 11 is 0. The molecule has 0 unspecified atom stereocenters. The average molecular weight is 300 g/mol. The molecule has 0 aliphatic carbocycles. The second kappa shape index (κ2) is 5.93. The fourth-order valence-corrected chi connectivity index (χ4v) is 3.20. The Bertz CT molecular complexity index is 631. The highest BCUT2D eigenvalue weighted by Crippen LogP contribution is 2.39. The van der Waals surface area contributed by atoms with Crippen LogP contribution in [-0.2, 0) is 14.3 Å². The van der Waals surface area contributed by atoms with E-state index in [-0.39, 0.29) is 11.9 Å². The predicted octanol–water partition coefficient (Wildman–Crippen LogP) is 1.68. The molecular weight excluding hydrogens is 280 g/mol. The van der Waals surface area contributed by atoms with Gasteiger partial charge in [-0.2, -0.15) is 0 Å².